The van der Waals surface area contributed by atoms with Crippen molar-refractivity contribution in [2.45, 2.75) is 31.7 Å². The number of ether oxygens (including phenoxy) is 2. The van der Waals surface area contributed by atoms with Crippen LogP contribution in [-0.4, -0.2) is 45.3 Å². The monoisotopic (exact) mass is 454 g/mol. The van der Waals surface area contributed by atoms with Crippen molar-refractivity contribution in [2.75, 3.05) is 40.4 Å². The number of rotatable bonds is 5. The maximum Gasteiger partial charge on any atom is 0.133 e. The smallest absolute Gasteiger partial charge is 0.133 e. The number of piperazine rings is 1. The van der Waals surface area contributed by atoms with Crippen LogP contribution in [0.1, 0.15) is 37.3 Å². The number of methoxy groups -OCH3 is 2. The third-order valence-corrected chi connectivity index (χ3v) is 5.83. The van der Waals surface area contributed by atoms with E-state index in [0.29, 0.717) is 12.0 Å². The van der Waals surface area contributed by atoms with Crippen molar-refractivity contribution in [3.05, 3.63) is 22.2 Å². The molecule has 0 radical (unpaired) electrons. The molecular weight excluding hydrogens is 427 g/mol. The first-order valence-corrected chi connectivity index (χ1v) is 9.40. The molecule has 2 aliphatic rings. The van der Waals surface area contributed by atoms with Gasteiger partial charge < -0.3 is 14.8 Å². The second kappa shape index (κ2) is 10.8. The summed E-state index contributed by atoms with van der Waals surface area (Å²) >= 11 is 3.58. The molecule has 2 fully saturated rings. The molecule has 1 aromatic rings. The topological polar surface area (TPSA) is 33.7 Å². The molecule has 0 aromatic heterocycles. The number of benzene rings is 1. The highest BCUT2D eigenvalue weighted by molar-refractivity contribution is 9.10. The highest BCUT2D eigenvalue weighted by atomic mass is 79.9. The van der Waals surface area contributed by atoms with Crippen LogP contribution in [0.2, 0.25) is 0 Å². The summed E-state index contributed by atoms with van der Waals surface area (Å²) < 4.78 is 12.2. The summed E-state index contributed by atoms with van der Waals surface area (Å²) in [5.41, 5.74) is 1.28. The predicted octanol–water partition coefficient (Wildman–Crippen LogP) is 4.45. The number of nitrogens with one attached hydrogen (secondary N) is 1. The standard InChI is InChI=1S/C18H27BrN2O2.2ClH/c1-22-16-12-15(19)17(23-2)11-14(16)18(13-5-3-4-6-13)21-9-7-20-8-10-21;;/h11-13,18,20H,3-10H2,1-2H3;2*1H/t18-;;/m0../s1. The van der Waals surface area contributed by atoms with E-state index in [4.69, 9.17) is 9.47 Å². The maximum absolute atomic E-state index is 5.73. The van der Waals surface area contributed by atoms with Crippen molar-refractivity contribution < 1.29 is 9.47 Å². The molecule has 0 unspecified atom stereocenters. The van der Waals surface area contributed by atoms with E-state index >= 15 is 0 Å². The van der Waals surface area contributed by atoms with Crippen molar-refractivity contribution in [1.29, 1.82) is 0 Å². The lowest BCUT2D eigenvalue weighted by Gasteiger charge is -2.39. The van der Waals surface area contributed by atoms with Crippen molar-refractivity contribution in [3.8, 4) is 11.5 Å². The molecule has 144 valence electrons. The van der Waals surface area contributed by atoms with Crippen LogP contribution in [0.25, 0.3) is 0 Å². The Morgan fingerprint density at radius 1 is 1.04 bits per heavy atom. The molecule has 1 aliphatic carbocycles. The number of hydrogen-bond acceptors (Lipinski definition) is 4. The van der Waals surface area contributed by atoms with Crippen LogP contribution < -0.4 is 14.8 Å². The van der Waals surface area contributed by atoms with Crippen molar-refractivity contribution in [2.24, 2.45) is 5.92 Å². The Hall–Kier alpha value is -0.200. The fraction of sp³-hybridized carbons (Fsp3) is 0.667. The molecule has 1 aromatic carbocycles. The van der Waals surface area contributed by atoms with E-state index in [1.54, 1.807) is 14.2 Å². The molecule has 1 atom stereocenters. The summed E-state index contributed by atoms with van der Waals surface area (Å²) in [5.74, 6) is 2.57. The Bertz CT molecular complexity index is 536. The zero-order chi connectivity index (χ0) is 16.2. The molecule has 1 saturated carbocycles. The first-order chi connectivity index (χ1) is 11.2. The number of hydrogen-bond donors (Lipinski definition) is 1. The van der Waals surface area contributed by atoms with Crippen molar-refractivity contribution in [1.82, 2.24) is 10.2 Å². The molecule has 1 heterocycles. The molecular formula is C18H29BrCl2N2O2. The van der Waals surface area contributed by atoms with Gasteiger partial charge in [0, 0.05) is 37.8 Å². The summed E-state index contributed by atoms with van der Waals surface area (Å²) in [5, 5.41) is 3.47. The van der Waals surface area contributed by atoms with Crippen LogP contribution in [0, 0.1) is 5.92 Å². The summed E-state index contributed by atoms with van der Waals surface area (Å²) in [6.07, 6.45) is 5.33. The van der Waals surface area contributed by atoms with Crippen LogP contribution in [0.3, 0.4) is 0 Å². The summed E-state index contributed by atoms with van der Waals surface area (Å²) in [6.45, 7) is 4.34. The van der Waals surface area contributed by atoms with Gasteiger partial charge in [0.2, 0.25) is 0 Å². The lowest BCUT2D eigenvalue weighted by Crippen LogP contribution is -2.46. The third kappa shape index (κ3) is 5.16. The predicted molar refractivity (Wildman–Crippen MR) is 111 cm³/mol. The Morgan fingerprint density at radius 3 is 2.20 bits per heavy atom. The Labute approximate surface area is 172 Å². The Balaban J connectivity index is 0.00000156. The summed E-state index contributed by atoms with van der Waals surface area (Å²) in [6, 6.07) is 4.66. The largest absolute Gasteiger partial charge is 0.496 e. The van der Waals surface area contributed by atoms with Gasteiger partial charge >= 0.3 is 0 Å². The van der Waals surface area contributed by atoms with E-state index in [-0.39, 0.29) is 24.8 Å². The highest BCUT2D eigenvalue weighted by Gasteiger charge is 2.34. The van der Waals surface area contributed by atoms with Gasteiger partial charge in [0.1, 0.15) is 11.5 Å². The molecule has 0 bridgehead atoms. The van der Waals surface area contributed by atoms with Crippen molar-refractivity contribution in [3.63, 3.8) is 0 Å². The van der Waals surface area contributed by atoms with Crippen LogP contribution in [-0.2, 0) is 0 Å². The summed E-state index contributed by atoms with van der Waals surface area (Å²) in [4.78, 5) is 2.64. The average molecular weight is 456 g/mol. The molecule has 0 amide bonds. The van der Waals surface area contributed by atoms with E-state index in [1.165, 1.54) is 31.2 Å². The van der Waals surface area contributed by atoms with E-state index in [0.717, 1.165) is 42.2 Å². The van der Waals surface area contributed by atoms with Gasteiger partial charge in [-0.15, -0.1) is 24.8 Å². The normalized spacial score (nSPS) is 19.6. The average Bonchev–Trinajstić information content (AvgIpc) is 3.11. The molecule has 1 aliphatic heterocycles. The van der Waals surface area contributed by atoms with Crippen LogP contribution >= 0.6 is 40.7 Å². The molecule has 1 saturated heterocycles. The van der Waals surface area contributed by atoms with Gasteiger partial charge in [0.15, 0.2) is 0 Å². The van der Waals surface area contributed by atoms with Gasteiger partial charge in [-0.2, -0.15) is 0 Å². The Kier molecular flexibility index (Phi) is 9.89. The maximum atomic E-state index is 5.73. The van der Waals surface area contributed by atoms with Gasteiger partial charge in [0.05, 0.1) is 18.7 Å². The molecule has 1 N–H and O–H groups in total. The zero-order valence-corrected chi connectivity index (χ0v) is 18.1. The molecule has 25 heavy (non-hydrogen) atoms. The Morgan fingerprint density at radius 2 is 1.64 bits per heavy atom. The highest BCUT2D eigenvalue weighted by Crippen LogP contribution is 2.45. The number of halogens is 3. The number of nitrogens with zero attached hydrogens (tertiary/aromatic N) is 1. The lowest BCUT2D eigenvalue weighted by atomic mass is 9.89. The minimum Gasteiger partial charge on any atom is -0.496 e. The van der Waals surface area contributed by atoms with E-state index in [9.17, 15) is 0 Å². The SMILES string of the molecule is COc1cc([C@H](C2CCCC2)N2CCNCC2)c(OC)cc1Br.Cl.Cl. The van der Waals surface area contributed by atoms with Gasteiger partial charge in [-0.25, -0.2) is 0 Å². The first kappa shape index (κ1) is 22.8. The van der Waals surface area contributed by atoms with Gasteiger partial charge in [-0.1, -0.05) is 12.8 Å². The van der Waals surface area contributed by atoms with Gasteiger partial charge in [-0.3, -0.25) is 4.90 Å². The fourth-order valence-electron chi connectivity index (χ4n) is 4.10. The third-order valence-electron chi connectivity index (χ3n) is 5.21. The molecule has 7 heteroatoms. The first-order valence-electron chi connectivity index (χ1n) is 8.60. The minimum atomic E-state index is 0. The van der Waals surface area contributed by atoms with E-state index in [2.05, 4.69) is 38.3 Å². The quantitative estimate of drug-likeness (QED) is 0.711. The van der Waals surface area contributed by atoms with Gasteiger partial charge in [0.25, 0.3) is 0 Å². The molecule has 4 nitrogen and oxygen atoms in total. The zero-order valence-electron chi connectivity index (χ0n) is 14.9. The molecule has 0 spiro atoms. The molecule has 3 rings (SSSR count). The van der Waals surface area contributed by atoms with Crippen LogP contribution in [0.15, 0.2) is 16.6 Å². The van der Waals surface area contributed by atoms with Crippen LogP contribution in [0.4, 0.5) is 0 Å². The van der Waals surface area contributed by atoms with Crippen LogP contribution in [0.5, 0.6) is 11.5 Å². The second-order valence-electron chi connectivity index (χ2n) is 6.50. The van der Waals surface area contributed by atoms with Crippen molar-refractivity contribution >= 4 is 40.7 Å². The second-order valence-corrected chi connectivity index (χ2v) is 7.36. The summed E-state index contributed by atoms with van der Waals surface area (Å²) in [7, 11) is 3.49. The fourth-order valence-corrected chi connectivity index (χ4v) is 4.58. The lowest BCUT2D eigenvalue weighted by molar-refractivity contribution is 0.123. The van der Waals surface area contributed by atoms with Gasteiger partial charge in [-0.05, 0) is 46.8 Å². The van der Waals surface area contributed by atoms with E-state index in [1.807, 2.05) is 0 Å². The minimum absolute atomic E-state index is 0. The van der Waals surface area contributed by atoms with E-state index < -0.39 is 0 Å².